The van der Waals surface area contributed by atoms with Crippen molar-refractivity contribution in [1.82, 2.24) is 9.97 Å². The van der Waals surface area contributed by atoms with Crippen LogP contribution in [0.15, 0.2) is 18.3 Å². The largest absolute Gasteiger partial charge is 0.480 e. The highest BCUT2D eigenvalue weighted by atomic mass is 32.1. The van der Waals surface area contributed by atoms with E-state index in [2.05, 4.69) is 15.3 Å². The van der Waals surface area contributed by atoms with Crippen LogP contribution in [0.2, 0.25) is 0 Å². The molecule has 0 spiro atoms. The van der Waals surface area contributed by atoms with Gasteiger partial charge in [-0.3, -0.25) is 4.79 Å². The molecule has 2 rings (SSSR count). The quantitative estimate of drug-likeness (QED) is 0.877. The van der Waals surface area contributed by atoms with Crippen LogP contribution in [-0.2, 0) is 0 Å². The molecular formula is C11H12N4O2S. The van der Waals surface area contributed by atoms with Gasteiger partial charge in [0, 0.05) is 6.20 Å². The fourth-order valence-corrected chi connectivity index (χ4v) is 2.29. The maximum absolute atomic E-state index is 11.3. The van der Waals surface area contributed by atoms with Gasteiger partial charge in [0.25, 0.3) is 5.91 Å². The summed E-state index contributed by atoms with van der Waals surface area (Å²) in [6.07, 6.45) is 1.62. The normalized spacial score (nSPS) is 10.1. The van der Waals surface area contributed by atoms with Crippen LogP contribution in [0.1, 0.15) is 15.5 Å². The summed E-state index contributed by atoms with van der Waals surface area (Å²) in [7, 11) is 1.53. The lowest BCUT2D eigenvalue weighted by Gasteiger charge is -2.08. The lowest BCUT2D eigenvalue weighted by molar-refractivity contribution is 0.0997. The third kappa shape index (κ3) is 2.40. The van der Waals surface area contributed by atoms with Gasteiger partial charge in [0.1, 0.15) is 10.7 Å². The molecular weight excluding hydrogens is 252 g/mol. The number of nitrogens with two attached hydrogens (primary N) is 1. The number of thiazole rings is 1. The maximum Gasteiger partial charge on any atom is 0.270 e. The number of methoxy groups -OCH3 is 1. The molecule has 6 nitrogen and oxygen atoms in total. The number of pyridine rings is 1. The zero-order chi connectivity index (χ0) is 13.1. The van der Waals surface area contributed by atoms with E-state index in [9.17, 15) is 4.79 Å². The molecule has 2 aromatic rings. The second-order valence-corrected chi connectivity index (χ2v) is 4.66. The summed E-state index contributed by atoms with van der Waals surface area (Å²) in [5.74, 6) is -0.122. The van der Waals surface area contributed by atoms with Crippen LogP contribution in [0.4, 0.5) is 10.7 Å². The van der Waals surface area contributed by atoms with E-state index >= 15 is 0 Å². The monoisotopic (exact) mass is 264 g/mol. The SMILES string of the molecule is COc1ncccc1Nc1sc(C)nc1C(N)=O. The molecule has 0 bridgehead atoms. The van der Waals surface area contributed by atoms with Gasteiger partial charge in [-0.1, -0.05) is 0 Å². The van der Waals surface area contributed by atoms with Crippen molar-refractivity contribution in [1.29, 1.82) is 0 Å². The van der Waals surface area contributed by atoms with Gasteiger partial charge in [-0.2, -0.15) is 0 Å². The average Bonchev–Trinajstić information content (AvgIpc) is 2.71. The van der Waals surface area contributed by atoms with Gasteiger partial charge in [0.2, 0.25) is 5.88 Å². The van der Waals surface area contributed by atoms with Gasteiger partial charge in [0.15, 0.2) is 5.69 Å². The van der Waals surface area contributed by atoms with E-state index < -0.39 is 5.91 Å². The maximum atomic E-state index is 11.3. The predicted molar refractivity (Wildman–Crippen MR) is 69.4 cm³/mol. The topological polar surface area (TPSA) is 90.1 Å². The standard InChI is InChI=1S/C11H12N4O2S/c1-6-14-8(9(12)16)11(18-6)15-7-4-3-5-13-10(7)17-2/h3-5,15H,1-2H3,(H2,12,16). The summed E-state index contributed by atoms with van der Waals surface area (Å²) >= 11 is 1.35. The molecule has 0 unspecified atom stereocenters. The Hall–Kier alpha value is -2.15. The predicted octanol–water partition coefficient (Wildman–Crippen LogP) is 1.70. The third-order valence-electron chi connectivity index (χ3n) is 2.18. The molecule has 94 valence electrons. The summed E-state index contributed by atoms with van der Waals surface area (Å²) in [6.45, 7) is 1.81. The van der Waals surface area contributed by atoms with Crippen molar-refractivity contribution >= 4 is 27.9 Å². The molecule has 2 heterocycles. The fourth-order valence-electron chi connectivity index (χ4n) is 1.45. The molecule has 3 N–H and O–H groups in total. The van der Waals surface area contributed by atoms with E-state index in [0.29, 0.717) is 16.6 Å². The van der Waals surface area contributed by atoms with E-state index in [1.807, 2.05) is 6.92 Å². The van der Waals surface area contributed by atoms with Crippen molar-refractivity contribution in [2.75, 3.05) is 12.4 Å². The molecule has 0 saturated carbocycles. The van der Waals surface area contributed by atoms with Crippen LogP contribution in [0.3, 0.4) is 0 Å². The summed E-state index contributed by atoms with van der Waals surface area (Å²) < 4.78 is 5.12. The molecule has 0 aliphatic heterocycles. The first-order chi connectivity index (χ1) is 8.61. The molecule has 0 radical (unpaired) electrons. The zero-order valence-electron chi connectivity index (χ0n) is 9.93. The van der Waals surface area contributed by atoms with E-state index in [1.54, 1.807) is 18.3 Å². The average molecular weight is 264 g/mol. The number of nitrogens with zero attached hydrogens (tertiary/aromatic N) is 2. The number of nitrogens with one attached hydrogen (secondary N) is 1. The molecule has 18 heavy (non-hydrogen) atoms. The molecule has 1 amide bonds. The lowest BCUT2D eigenvalue weighted by atomic mass is 10.3. The number of anilines is 2. The number of carbonyl (C=O) groups excluding carboxylic acids is 1. The number of hydrogen-bond donors (Lipinski definition) is 2. The van der Waals surface area contributed by atoms with Crippen molar-refractivity contribution in [2.45, 2.75) is 6.92 Å². The molecule has 0 saturated heterocycles. The van der Waals surface area contributed by atoms with Crippen molar-refractivity contribution in [2.24, 2.45) is 5.73 Å². The number of rotatable bonds is 4. The summed E-state index contributed by atoms with van der Waals surface area (Å²) in [5.41, 5.74) is 6.15. The summed E-state index contributed by atoms with van der Waals surface area (Å²) in [4.78, 5) is 19.4. The van der Waals surface area contributed by atoms with Crippen molar-refractivity contribution in [3.63, 3.8) is 0 Å². The minimum atomic E-state index is -0.565. The first kappa shape index (κ1) is 12.3. The van der Waals surface area contributed by atoms with Crippen LogP contribution in [0.25, 0.3) is 0 Å². The van der Waals surface area contributed by atoms with Gasteiger partial charge in [0.05, 0.1) is 12.1 Å². The van der Waals surface area contributed by atoms with Crippen LogP contribution in [0.5, 0.6) is 5.88 Å². The van der Waals surface area contributed by atoms with Crippen LogP contribution in [-0.4, -0.2) is 23.0 Å². The summed E-state index contributed by atoms with van der Waals surface area (Å²) in [6, 6.07) is 3.56. The van der Waals surface area contributed by atoms with Crippen molar-refractivity contribution in [3.05, 3.63) is 29.0 Å². The number of ether oxygens (including phenoxy) is 1. The Kier molecular flexibility index (Phi) is 3.42. The van der Waals surface area contributed by atoms with Crippen molar-refractivity contribution in [3.8, 4) is 5.88 Å². The summed E-state index contributed by atoms with van der Waals surface area (Å²) in [5, 5.41) is 4.41. The highest BCUT2D eigenvalue weighted by Gasteiger charge is 2.15. The Morgan fingerprint density at radius 2 is 2.33 bits per heavy atom. The number of aryl methyl sites for hydroxylation is 1. The van der Waals surface area contributed by atoms with E-state index in [1.165, 1.54) is 18.4 Å². The van der Waals surface area contributed by atoms with E-state index in [4.69, 9.17) is 10.5 Å². The number of aromatic nitrogens is 2. The molecule has 0 aliphatic rings. The highest BCUT2D eigenvalue weighted by Crippen LogP contribution is 2.30. The van der Waals surface area contributed by atoms with E-state index in [-0.39, 0.29) is 5.69 Å². The van der Waals surface area contributed by atoms with Crippen molar-refractivity contribution < 1.29 is 9.53 Å². The minimum absolute atomic E-state index is 0.225. The lowest BCUT2D eigenvalue weighted by Crippen LogP contribution is -2.13. The molecule has 0 fully saturated rings. The third-order valence-corrected chi connectivity index (χ3v) is 3.07. The Morgan fingerprint density at radius 1 is 1.56 bits per heavy atom. The van der Waals surface area contributed by atoms with Gasteiger partial charge in [-0.05, 0) is 19.1 Å². The molecule has 0 aliphatic carbocycles. The van der Waals surface area contributed by atoms with Gasteiger partial charge in [-0.15, -0.1) is 11.3 Å². The zero-order valence-corrected chi connectivity index (χ0v) is 10.7. The molecule has 2 aromatic heterocycles. The van der Waals surface area contributed by atoms with Gasteiger partial charge < -0.3 is 15.8 Å². The molecule has 0 atom stereocenters. The molecule has 0 aromatic carbocycles. The Balaban J connectivity index is 2.36. The van der Waals surface area contributed by atoms with Crippen LogP contribution < -0.4 is 15.8 Å². The van der Waals surface area contributed by atoms with Crippen LogP contribution in [0, 0.1) is 6.92 Å². The first-order valence-electron chi connectivity index (χ1n) is 5.15. The smallest absolute Gasteiger partial charge is 0.270 e. The van der Waals surface area contributed by atoms with E-state index in [0.717, 1.165) is 5.01 Å². The minimum Gasteiger partial charge on any atom is -0.480 e. The second-order valence-electron chi connectivity index (χ2n) is 3.46. The first-order valence-corrected chi connectivity index (χ1v) is 5.96. The van der Waals surface area contributed by atoms with Crippen LogP contribution >= 0.6 is 11.3 Å². The van der Waals surface area contributed by atoms with Gasteiger partial charge >= 0.3 is 0 Å². The molecule has 7 heteroatoms. The van der Waals surface area contributed by atoms with Gasteiger partial charge in [-0.25, -0.2) is 9.97 Å². The number of primary amides is 1. The Bertz CT molecular complexity index is 582. The number of hydrogen-bond acceptors (Lipinski definition) is 6. The number of amides is 1. The Labute approximate surface area is 108 Å². The fraction of sp³-hybridized carbons (Fsp3) is 0.182. The Morgan fingerprint density at radius 3 is 3.00 bits per heavy atom. The number of carbonyl (C=O) groups is 1. The highest BCUT2D eigenvalue weighted by molar-refractivity contribution is 7.16. The second kappa shape index (κ2) is 5.01.